The van der Waals surface area contributed by atoms with Gasteiger partial charge in [-0.3, -0.25) is 4.98 Å². The third-order valence-electron chi connectivity index (χ3n) is 14.8. The van der Waals surface area contributed by atoms with E-state index in [1.165, 1.54) is 93.7 Å². The summed E-state index contributed by atoms with van der Waals surface area (Å²) in [6.45, 7) is 0. The second-order valence-electron chi connectivity index (χ2n) is 19.1. The topological polar surface area (TPSA) is 22.8 Å². The molecule has 3 heterocycles. The number of fused-ring (bicyclic) bond motifs is 6. The Balaban J connectivity index is 0.888. The quantitative estimate of drug-likeness (QED) is 0.141. The van der Waals surface area contributed by atoms with E-state index >= 15 is 0 Å². The van der Waals surface area contributed by atoms with Crippen molar-refractivity contribution in [3.8, 4) is 89.3 Å². The van der Waals surface area contributed by atoms with Crippen LogP contribution in [0, 0.1) is 0 Å². The highest BCUT2D eigenvalue weighted by molar-refractivity contribution is 6.13. The van der Waals surface area contributed by atoms with Crippen molar-refractivity contribution in [3.05, 3.63) is 285 Å². The summed E-state index contributed by atoms with van der Waals surface area (Å²) in [6, 6.07) is 99.5. The van der Waals surface area contributed by atoms with Crippen LogP contribution in [0.3, 0.4) is 0 Å². The Bertz CT molecular complexity index is 4150. The highest BCUT2D eigenvalue weighted by Gasteiger charge is 2.20. The molecule has 0 atom stereocenters. The number of benzene rings is 11. The van der Waals surface area contributed by atoms with Crippen LogP contribution in [-0.4, -0.2) is 14.1 Å². The molecule has 0 amide bonds. The van der Waals surface area contributed by atoms with Gasteiger partial charge in [0.2, 0.25) is 0 Å². The molecule has 11 aromatic carbocycles. The normalized spacial score (nSPS) is 11.5. The van der Waals surface area contributed by atoms with Gasteiger partial charge in [0, 0.05) is 50.9 Å². The van der Waals surface area contributed by atoms with Crippen molar-refractivity contribution in [2.45, 2.75) is 0 Å². The van der Waals surface area contributed by atoms with E-state index in [4.69, 9.17) is 0 Å². The standard InChI is InChI=1S/C71H47N3/c1-5-15-48(16-6-1)54-30-38-67-63(43-54)64-44-55(49-17-7-2-8-18-49)31-39-68(64)73(67)59-34-26-52(27-35-59)61-24-13-25-62(58-23-14-42-72-47-58)71(61)53-28-36-60(37-29-53)74-69-40-32-56(50-19-9-3-10-20-50)45-65(69)66-46-57(33-41-70(66)74)51-21-11-4-12-22-51/h1-47H. The molecule has 0 radical (unpaired) electrons. The third kappa shape index (κ3) is 7.50. The van der Waals surface area contributed by atoms with Gasteiger partial charge in [-0.25, -0.2) is 0 Å². The molecular formula is C71H47N3. The van der Waals surface area contributed by atoms with Gasteiger partial charge in [0.15, 0.2) is 0 Å². The van der Waals surface area contributed by atoms with Gasteiger partial charge in [0.05, 0.1) is 22.1 Å². The van der Waals surface area contributed by atoms with Crippen molar-refractivity contribution in [2.24, 2.45) is 0 Å². The fourth-order valence-electron chi connectivity index (χ4n) is 11.3. The van der Waals surface area contributed by atoms with Crippen LogP contribution in [0.5, 0.6) is 0 Å². The minimum atomic E-state index is 1.07. The van der Waals surface area contributed by atoms with Crippen LogP contribution in [0.1, 0.15) is 0 Å². The van der Waals surface area contributed by atoms with Crippen molar-refractivity contribution >= 4 is 43.6 Å². The highest BCUT2D eigenvalue weighted by Crippen LogP contribution is 2.43. The lowest BCUT2D eigenvalue weighted by Crippen LogP contribution is -1.96. The molecule has 0 aliphatic heterocycles. The highest BCUT2D eigenvalue weighted by atomic mass is 15.0. The number of nitrogens with zero attached hydrogens (tertiary/aromatic N) is 3. The van der Waals surface area contributed by atoms with E-state index in [-0.39, 0.29) is 0 Å². The number of aromatic nitrogens is 3. The van der Waals surface area contributed by atoms with Gasteiger partial charge >= 0.3 is 0 Å². The molecule has 3 nitrogen and oxygen atoms in total. The molecule has 74 heavy (non-hydrogen) atoms. The molecule has 14 rings (SSSR count). The van der Waals surface area contributed by atoms with Gasteiger partial charge in [-0.15, -0.1) is 0 Å². The first-order valence-electron chi connectivity index (χ1n) is 25.3. The number of pyridine rings is 1. The lowest BCUT2D eigenvalue weighted by atomic mass is 9.88. The fraction of sp³-hybridized carbons (Fsp3) is 0. The molecule has 0 N–H and O–H groups in total. The average Bonchev–Trinajstić information content (AvgIpc) is 4.02. The second-order valence-corrected chi connectivity index (χ2v) is 19.1. The molecule has 0 spiro atoms. The molecule has 0 fully saturated rings. The first-order valence-corrected chi connectivity index (χ1v) is 25.3. The molecule has 0 bridgehead atoms. The Morgan fingerprint density at radius 3 is 0.905 bits per heavy atom. The van der Waals surface area contributed by atoms with E-state index in [2.05, 4.69) is 281 Å². The monoisotopic (exact) mass is 941 g/mol. The van der Waals surface area contributed by atoms with Crippen LogP contribution >= 0.6 is 0 Å². The van der Waals surface area contributed by atoms with Crippen molar-refractivity contribution in [2.75, 3.05) is 0 Å². The zero-order valence-corrected chi connectivity index (χ0v) is 40.5. The third-order valence-corrected chi connectivity index (χ3v) is 14.8. The van der Waals surface area contributed by atoms with Crippen LogP contribution in [0.15, 0.2) is 285 Å². The molecule has 0 saturated heterocycles. The molecule has 14 aromatic rings. The Kier molecular flexibility index (Phi) is 10.5. The maximum atomic E-state index is 4.58. The van der Waals surface area contributed by atoms with Crippen molar-refractivity contribution in [1.82, 2.24) is 14.1 Å². The zero-order valence-electron chi connectivity index (χ0n) is 40.5. The maximum absolute atomic E-state index is 4.58. The average molecular weight is 942 g/mol. The Hall–Kier alpha value is -9.83. The predicted octanol–water partition coefficient (Wildman–Crippen LogP) is 18.9. The minimum absolute atomic E-state index is 1.07. The summed E-state index contributed by atoms with van der Waals surface area (Å²) in [4.78, 5) is 4.58. The molecule has 0 aliphatic carbocycles. The lowest BCUT2D eigenvalue weighted by molar-refractivity contribution is 1.18. The van der Waals surface area contributed by atoms with Gasteiger partial charge in [-0.05, 0) is 151 Å². The number of rotatable bonds is 9. The lowest BCUT2D eigenvalue weighted by Gasteiger charge is -2.18. The van der Waals surface area contributed by atoms with Crippen molar-refractivity contribution in [1.29, 1.82) is 0 Å². The van der Waals surface area contributed by atoms with E-state index in [1.807, 2.05) is 18.5 Å². The van der Waals surface area contributed by atoms with Gasteiger partial charge in [-0.1, -0.05) is 194 Å². The molecule has 3 aromatic heterocycles. The van der Waals surface area contributed by atoms with E-state index in [0.29, 0.717) is 0 Å². The van der Waals surface area contributed by atoms with E-state index < -0.39 is 0 Å². The maximum Gasteiger partial charge on any atom is 0.0541 e. The van der Waals surface area contributed by atoms with Crippen LogP contribution < -0.4 is 0 Å². The summed E-state index contributed by atoms with van der Waals surface area (Å²) in [5.74, 6) is 0. The molecule has 0 aliphatic rings. The molecule has 3 heteroatoms. The second kappa shape index (κ2) is 18.1. The van der Waals surface area contributed by atoms with E-state index in [1.54, 1.807) is 0 Å². The largest absolute Gasteiger partial charge is 0.309 e. The Morgan fingerprint density at radius 2 is 0.554 bits per heavy atom. The number of hydrogen-bond acceptors (Lipinski definition) is 1. The van der Waals surface area contributed by atoms with Gasteiger partial charge in [0.1, 0.15) is 0 Å². The smallest absolute Gasteiger partial charge is 0.0541 e. The fourth-order valence-corrected chi connectivity index (χ4v) is 11.3. The van der Waals surface area contributed by atoms with Crippen LogP contribution in [0.4, 0.5) is 0 Å². The summed E-state index contributed by atoms with van der Waals surface area (Å²) in [5.41, 5.74) is 23.4. The molecular weight excluding hydrogens is 895 g/mol. The molecule has 346 valence electrons. The Labute approximate surface area is 430 Å². The first kappa shape index (κ1) is 43.0. The van der Waals surface area contributed by atoms with Gasteiger partial charge in [0.25, 0.3) is 0 Å². The summed E-state index contributed by atoms with van der Waals surface area (Å²) in [7, 11) is 0. The van der Waals surface area contributed by atoms with Crippen molar-refractivity contribution in [3.63, 3.8) is 0 Å². The van der Waals surface area contributed by atoms with Gasteiger partial charge < -0.3 is 9.13 Å². The van der Waals surface area contributed by atoms with E-state index in [0.717, 1.165) is 39.2 Å². The van der Waals surface area contributed by atoms with Crippen LogP contribution in [0.2, 0.25) is 0 Å². The van der Waals surface area contributed by atoms with Crippen LogP contribution in [-0.2, 0) is 0 Å². The summed E-state index contributed by atoms with van der Waals surface area (Å²) < 4.78 is 4.84. The Morgan fingerprint density at radius 1 is 0.230 bits per heavy atom. The predicted molar refractivity (Wildman–Crippen MR) is 311 cm³/mol. The molecule has 0 saturated carbocycles. The van der Waals surface area contributed by atoms with Crippen molar-refractivity contribution < 1.29 is 0 Å². The summed E-state index contributed by atoms with van der Waals surface area (Å²) in [5, 5.41) is 4.91. The van der Waals surface area contributed by atoms with Crippen LogP contribution in [0.25, 0.3) is 133 Å². The molecule has 0 unspecified atom stereocenters. The summed E-state index contributed by atoms with van der Waals surface area (Å²) >= 11 is 0. The summed E-state index contributed by atoms with van der Waals surface area (Å²) in [6.07, 6.45) is 3.82. The zero-order chi connectivity index (χ0) is 49.0. The van der Waals surface area contributed by atoms with Gasteiger partial charge in [-0.2, -0.15) is 0 Å². The minimum Gasteiger partial charge on any atom is -0.309 e. The first-order chi connectivity index (χ1) is 36.7. The van der Waals surface area contributed by atoms with E-state index in [9.17, 15) is 0 Å². The number of hydrogen-bond donors (Lipinski definition) is 0. The SMILES string of the molecule is c1ccc(-c2ccc3c(c2)c2cc(-c4ccccc4)ccc2n3-c2ccc(-c3cccc(-c4cccnc4)c3-c3ccc(-n4c5ccc(-c6ccccc6)cc5c5cc(-c6ccccc6)ccc54)cc3)cc2)cc1.